The van der Waals surface area contributed by atoms with E-state index < -0.39 is 6.04 Å². The Morgan fingerprint density at radius 2 is 1.74 bits per heavy atom. The highest BCUT2D eigenvalue weighted by atomic mass is 35.5. The Morgan fingerprint density at radius 3 is 2.46 bits per heavy atom. The SMILES string of the molecule is Cc1sc2c(c1C)C(c1ccc(Cl)cc1)=NC(CC(=O)NCCCCCC(=O)Nc1ccc(C#CCN)cc1)c1nnc(C)n1-2.Cl. The molecule has 2 aromatic heterocycles. The molecule has 2 aromatic carbocycles. The number of unbranched alkanes of at least 4 members (excludes halogenated alkanes) is 2. The van der Waals surface area contributed by atoms with Gasteiger partial charge in [-0.2, -0.15) is 0 Å². The number of aromatic nitrogens is 3. The van der Waals surface area contributed by atoms with E-state index in [4.69, 9.17) is 22.3 Å². The summed E-state index contributed by atoms with van der Waals surface area (Å²) in [6, 6.07) is 14.5. The van der Waals surface area contributed by atoms with Crippen LogP contribution in [0.3, 0.4) is 0 Å². The number of carbonyl (C=O) groups is 2. The Morgan fingerprint density at radius 1 is 1.00 bits per heavy atom. The molecule has 0 saturated carbocycles. The van der Waals surface area contributed by atoms with Gasteiger partial charge in [-0.3, -0.25) is 19.1 Å². The van der Waals surface area contributed by atoms with E-state index in [1.165, 1.54) is 4.88 Å². The minimum absolute atomic E-state index is 0. The average Bonchev–Trinajstić information content (AvgIpc) is 3.50. The summed E-state index contributed by atoms with van der Waals surface area (Å²) < 4.78 is 2.04. The van der Waals surface area contributed by atoms with Crippen molar-refractivity contribution in [3.8, 4) is 16.8 Å². The van der Waals surface area contributed by atoms with Gasteiger partial charge in [-0.15, -0.1) is 33.9 Å². The van der Waals surface area contributed by atoms with Gasteiger partial charge in [-0.1, -0.05) is 42.0 Å². The molecule has 0 fully saturated rings. The van der Waals surface area contributed by atoms with Gasteiger partial charge in [-0.05, 0) is 75.6 Å². The van der Waals surface area contributed by atoms with Crippen LogP contribution in [0.4, 0.5) is 5.69 Å². The molecule has 0 radical (unpaired) electrons. The summed E-state index contributed by atoms with van der Waals surface area (Å²) >= 11 is 7.88. The molecular formula is C34H37Cl2N7O2S. The molecule has 0 aliphatic carbocycles. The fraction of sp³-hybridized carbons (Fsp3) is 0.324. The highest BCUT2D eigenvalue weighted by molar-refractivity contribution is 7.15. The summed E-state index contributed by atoms with van der Waals surface area (Å²) in [5.41, 5.74) is 10.9. The zero-order valence-corrected chi connectivity index (χ0v) is 28.4. The molecule has 5 rings (SSSR count). The Kier molecular flexibility index (Phi) is 12.1. The summed E-state index contributed by atoms with van der Waals surface area (Å²) in [5.74, 6) is 7.02. The lowest BCUT2D eigenvalue weighted by Crippen LogP contribution is -2.26. The van der Waals surface area contributed by atoms with Gasteiger partial charge in [0, 0.05) is 45.2 Å². The zero-order valence-electron chi connectivity index (χ0n) is 26.0. The quantitative estimate of drug-likeness (QED) is 0.135. The number of fused-ring (bicyclic) bond motifs is 3. The average molecular weight is 679 g/mol. The summed E-state index contributed by atoms with van der Waals surface area (Å²) in [6.45, 7) is 6.95. The lowest BCUT2D eigenvalue weighted by Gasteiger charge is -2.13. The number of carbonyl (C=O) groups excluding carboxylic acids is 2. The van der Waals surface area contributed by atoms with Crippen LogP contribution in [0.1, 0.15) is 76.9 Å². The molecule has 0 spiro atoms. The van der Waals surface area contributed by atoms with Crippen molar-refractivity contribution in [1.29, 1.82) is 0 Å². The van der Waals surface area contributed by atoms with Gasteiger partial charge in [0.25, 0.3) is 0 Å². The minimum atomic E-state index is -0.512. The fourth-order valence-electron chi connectivity index (χ4n) is 5.21. The topological polar surface area (TPSA) is 127 Å². The van der Waals surface area contributed by atoms with Gasteiger partial charge in [0.1, 0.15) is 16.9 Å². The van der Waals surface area contributed by atoms with E-state index in [2.05, 4.69) is 46.5 Å². The molecule has 240 valence electrons. The molecule has 2 amide bonds. The van der Waals surface area contributed by atoms with E-state index in [0.29, 0.717) is 30.4 Å². The van der Waals surface area contributed by atoms with E-state index in [1.54, 1.807) is 11.3 Å². The van der Waals surface area contributed by atoms with Gasteiger partial charge in [0.2, 0.25) is 11.8 Å². The van der Waals surface area contributed by atoms with Crippen molar-refractivity contribution in [3.63, 3.8) is 0 Å². The standard InChI is InChI=1S/C34H36ClN7O2S.ClH/c1-21-22(2)45-34-31(21)32(25-12-14-26(35)15-13-25)39-28(33-41-40-23(3)42(33)34)20-30(44)37-19-6-4-5-9-29(43)38-27-16-10-24(11-17-27)8-7-18-36;/h10-17,28H,4-6,9,18-20,36H2,1-3H3,(H,37,44)(H,38,43);1H. The molecular weight excluding hydrogens is 641 g/mol. The molecule has 0 saturated heterocycles. The predicted molar refractivity (Wildman–Crippen MR) is 188 cm³/mol. The van der Waals surface area contributed by atoms with Gasteiger partial charge < -0.3 is 16.4 Å². The van der Waals surface area contributed by atoms with Crippen molar-refractivity contribution < 1.29 is 9.59 Å². The first-order valence-corrected chi connectivity index (χ1v) is 16.2. The molecule has 1 unspecified atom stereocenters. The zero-order chi connectivity index (χ0) is 31.9. The summed E-state index contributed by atoms with van der Waals surface area (Å²) in [6.07, 6.45) is 2.85. The number of hydrogen-bond acceptors (Lipinski definition) is 7. The number of hydrogen-bond donors (Lipinski definition) is 3. The van der Waals surface area contributed by atoms with Crippen molar-refractivity contribution in [1.82, 2.24) is 20.1 Å². The minimum Gasteiger partial charge on any atom is -0.356 e. The van der Waals surface area contributed by atoms with Crippen LogP contribution >= 0.6 is 35.3 Å². The highest BCUT2D eigenvalue weighted by Crippen LogP contribution is 2.39. The van der Waals surface area contributed by atoms with Gasteiger partial charge in [0.15, 0.2) is 5.82 Å². The van der Waals surface area contributed by atoms with E-state index in [-0.39, 0.29) is 30.6 Å². The van der Waals surface area contributed by atoms with E-state index in [9.17, 15) is 9.59 Å². The molecule has 4 aromatic rings. The third-order valence-electron chi connectivity index (χ3n) is 7.64. The molecule has 1 aliphatic heterocycles. The molecule has 0 bridgehead atoms. The number of nitrogens with one attached hydrogen (secondary N) is 2. The number of halogens is 2. The second-order valence-corrected chi connectivity index (χ2v) is 12.5. The van der Waals surface area contributed by atoms with Crippen LogP contribution in [0.2, 0.25) is 5.02 Å². The molecule has 9 nitrogen and oxygen atoms in total. The maximum Gasteiger partial charge on any atom is 0.224 e. The van der Waals surface area contributed by atoms with Crippen LogP contribution in [-0.2, 0) is 9.59 Å². The molecule has 46 heavy (non-hydrogen) atoms. The summed E-state index contributed by atoms with van der Waals surface area (Å²) in [5, 5.41) is 16.4. The lowest BCUT2D eigenvalue weighted by molar-refractivity contribution is -0.121. The van der Waals surface area contributed by atoms with Gasteiger partial charge >= 0.3 is 0 Å². The number of rotatable bonds is 10. The number of benzene rings is 2. The second-order valence-electron chi connectivity index (χ2n) is 10.9. The first kappa shape index (κ1) is 34.9. The van der Waals surface area contributed by atoms with Crippen LogP contribution in [0.15, 0.2) is 53.5 Å². The van der Waals surface area contributed by atoms with Crippen molar-refractivity contribution in [3.05, 3.63) is 92.3 Å². The van der Waals surface area contributed by atoms with E-state index in [1.807, 2.05) is 60.0 Å². The Bertz CT molecular complexity index is 1780. The number of aliphatic imine (C=N–C) groups is 1. The maximum absolute atomic E-state index is 13.2. The Hall–Kier alpha value is -4.01. The fourth-order valence-corrected chi connectivity index (χ4v) is 6.55. The van der Waals surface area contributed by atoms with E-state index in [0.717, 1.165) is 63.7 Å². The van der Waals surface area contributed by atoms with Crippen molar-refractivity contribution in [2.24, 2.45) is 10.7 Å². The second kappa shape index (κ2) is 16.0. The highest BCUT2D eigenvalue weighted by Gasteiger charge is 2.32. The van der Waals surface area contributed by atoms with Crippen molar-refractivity contribution in [2.75, 3.05) is 18.4 Å². The largest absolute Gasteiger partial charge is 0.356 e. The monoisotopic (exact) mass is 677 g/mol. The lowest BCUT2D eigenvalue weighted by atomic mass is 9.99. The van der Waals surface area contributed by atoms with Crippen LogP contribution in [0.25, 0.3) is 5.00 Å². The Balaban J connectivity index is 0.00000480. The smallest absolute Gasteiger partial charge is 0.224 e. The number of nitrogens with two attached hydrogens (primary N) is 1. The molecule has 1 aliphatic rings. The van der Waals surface area contributed by atoms with Crippen LogP contribution in [0.5, 0.6) is 0 Å². The molecule has 1 atom stereocenters. The number of thiophene rings is 1. The normalized spacial score (nSPS) is 13.2. The number of nitrogens with zero attached hydrogens (tertiary/aromatic N) is 4. The molecule has 4 N–H and O–H groups in total. The number of anilines is 1. The number of amides is 2. The number of aryl methyl sites for hydroxylation is 2. The first-order chi connectivity index (χ1) is 21.7. The Labute approximate surface area is 284 Å². The van der Waals surface area contributed by atoms with Gasteiger partial charge in [-0.25, -0.2) is 0 Å². The third kappa shape index (κ3) is 8.22. The van der Waals surface area contributed by atoms with Crippen LogP contribution < -0.4 is 16.4 Å². The first-order valence-electron chi connectivity index (χ1n) is 15.0. The van der Waals surface area contributed by atoms with Crippen molar-refractivity contribution >= 4 is 58.6 Å². The van der Waals surface area contributed by atoms with Gasteiger partial charge in [0.05, 0.1) is 18.7 Å². The molecule has 3 heterocycles. The van der Waals surface area contributed by atoms with E-state index >= 15 is 0 Å². The van der Waals surface area contributed by atoms with Crippen LogP contribution in [0, 0.1) is 32.6 Å². The van der Waals surface area contributed by atoms with Crippen LogP contribution in [-0.4, -0.2) is 45.4 Å². The molecule has 12 heteroatoms. The maximum atomic E-state index is 13.2. The third-order valence-corrected chi connectivity index (χ3v) is 9.09. The summed E-state index contributed by atoms with van der Waals surface area (Å²) in [4.78, 5) is 31.9. The predicted octanol–water partition coefficient (Wildman–Crippen LogP) is 6.24. The summed E-state index contributed by atoms with van der Waals surface area (Å²) in [7, 11) is 0. The van der Waals surface area contributed by atoms with Crippen molar-refractivity contribution in [2.45, 2.75) is 58.9 Å².